The zero-order valence-electron chi connectivity index (χ0n) is 16.8. The minimum Gasteiger partial charge on any atom is -0.465 e. The first-order chi connectivity index (χ1) is 14.1. The minimum atomic E-state index is -0.343. The lowest BCUT2D eigenvalue weighted by Crippen LogP contribution is -2.44. The van der Waals surface area contributed by atoms with Gasteiger partial charge in [0.15, 0.2) is 0 Å². The van der Waals surface area contributed by atoms with Crippen molar-refractivity contribution in [2.24, 2.45) is 0 Å². The van der Waals surface area contributed by atoms with E-state index in [1.54, 1.807) is 0 Å². The highest BCUT2D eigenvalue weighted by atomic mass is 16.5. The van der Waals surface area contributed by atoms with Crippen LogP contribution in [-0.4, -0.2) is 56.2 Å². The molecule has 0 aliphatic carbocycles. The molecular formula is C24H25N3O2. The molecule has 4 rings (SSSR count). The summed E-state index contributed by atoms with van der Waals surface area (Å²) < 4.78 is 4.97. The molecule has 1 aliphatic heterocycles. The Kier molecular flexibility index (Phi) is 5.58. The van der Waals surface area contributed by atoms with Crippen LogP contribution in [-0.2, 0) is 4.74 Å². The number of likely N-dealkylation sites (N-methyl/N-ethyl adjacent to an activating group) is 1. The average Bonchev–Trinajstić information content (AvgIpc) is 2.79. The van der Waals surface area contributed by atoms with Crippen molar-refractivity contribution in [2.75, 3.05) is 45.2 Å². The molecule has 0 bridgehead atoms. The van der Waals surface area contributed by atoms with Gasteiger partial charge in [-0.25, -0.2) is 9.78 Å². The fraction of sp³-hybridized carbons (Fsp3) is 0.250. The normalized spacial score (nSPS) is 14.6. The molecule has 1 fully saturated rings. The van der Waals surface area contributed by atoms with Crippen molar-refractivity contribution in [1.82, 2.24) is 9.88 Å². The molecule has 148 valence electrons. The van der Waals surface area contributed by atoms with Crippen molar-refractivity contribution in [2.45, 2.75) is 0 Å². The number of esters is 1. The van der Waals surface area contributed by atoms with Crippen molar-refractivity contribution in [3.63, 3.8) is 0 Å². The number of nitrogens with zero attached hydrogens (tertiary/aromatic N) is 3. The van der Waals surface area contributed by atoms with Gasteiger partial charge in [0.05, 0.1) is 18.4 Å². The van der Waals surface area contributed by atoms with Gasteiger partial charge in [0.1, 0.15) is 5.82 Å². The molecule has 0 amide bonds. The van der Waals surface area contributed by atoms with Crippen LogP contribution in [0, 0.1) is 0 Å². The van der Waals surface area contributed by atoms with E-state index in [9.17, 15) is 4.79 Å². The van der Waals surface area contributed by atoms with Crippen LogP contribution in [0.2, 0.25) is 0 Å². The van der Waals surface area contributed by atoms with E-state index >= 15 is 0 Å². The number of aromatic nitrogens is 1. The molecule has 5 heteroatoms. The van der Waals surface area contributed by atoms with Gasteiger partial charge in [-0.1, -0.05) is 54.6 Å². The Hall–Kier alpha value is -3.18. The Morgan fingerprint density at radius 2 is 1.48 bits per heavy atom. The van der Waals surface area contributed by atoms with E-state index in [1.165, 1.54) is 12.7 Å². The van der Waals surface area contributed by atoms with Gasteiger partial charge in [-0.15, -0.1) is 0 Å². The topological polar surface area (TPSA) is 45.7 Å². The van der Waals surface area contributed by atoms with Gasteiger partial charge in [0.25, 0.3) is 0 Å². The van der Waals surface area contributed by atoms with Crippen LogP contribution in [0.4, 0.5) is 5.82 Å². The molecule has 0 spiro atoms. The van der Waals surface area contributed by atoms with Crippen LogP contribution in [0.3, 0.4) is 0 Å². The third-order valence-corrected chi connectivity index (χ3v) is 5.35. The van der Waals surface area contributed by atoms with Crippen molar-refractivity contribution in [1.29, 1.82) is 0 Å². The summed E-state index contributed by atoms with van der Waals surface area (Å²) in [6, 6.07) is 22.2. The molecule has 0 N–H and O–H groups in total. The molecule has 0 unspecified atom stereocenters. The second kappa shape index (κ2) is 8.45. The lowest BCUT2D eigenvalue weighted by molar-refractivity contribution is 0.0600. The number of ether oxygens (including phenoxy) is 1. The van der Waals surface area contributed by atoms with Crippen molar-refractivity contribution < 1.29 is 9.53 Å². The van der Waals surface area contributed by atoms with E-state index in [0.717, 1.165) is 48.8 Å². The number of benzene rings is 2. The van der Waals surface area contributed by atoms with E-state index in [1.807, 2.05) is 30.3 Å². The lowest BCUT2D eigenvalue weighted by atomic mass is 10.0. The van der Waals surface area contributed by atoms with Crippen molar-refractivity contribution >= 4 is 11.8 Å². The summed E-state index contributed by atoms with van der Waals surface area (Å²) in [6.07, 6.45) is 0. The highest BCUT2D eigenvalue weighted by molar-refractivity contribution is 5.91. The number of carbonyl (C=O) groups is 1. The third kappa shape index (κ3) is 4.30. The van der Waals surface area contributed by atoms with Crippen molar-refractivity contribution in [3.8, 4) is 22.4 Å². The maximum Gasteiger partial charge on any atom is 0.338 e. The van der Waals surface area contributed by atoms with Crippen LogP contribution < -0.4 is 4.90 Å². The number of pyridine rings is 1. The maximum atomic E-state index is 12.2. The van der Waals surface area contributed by atoms with E-state index < -0.39 is 0 Å². The van der Waals surface area contributed by atoms with E-state index in [0.29, 0.717) is 5.56 Å². The number of methoxy groups -OCH3 is 1. The minimum absolute atomic E-state index is 0.343. The van der Waals surface area contributed by atoms with Gasteiger partial charge in [0.2, 0.25) is 0 Å². The molecular weight excluding hydrogens is 362 g/mol. The molecule has 2 heterocycles. The molecule has 0 saturated carbocycles. The summed E-state index contributed by atoms with van der Waals surface area (Å²) >= 11 is 0. The van der Waals surface area contributed by atoms with Gasteiger partial charge in [-0.3, -0.25) is 0 Å². The zero-order chi connectivity index (χ0) is 20.2. The number of rotatable bonds is 4. The van der Waals surface area contributed by atoms with Crippen molar-refractivity contribution in [3.05, 3.63) is 72.3 Å². The predicted octanol–water partition coefficient (Wildman–Crippen LogP) is 3.95. The Balaban J connectivity index is 1.68. The second-order valence-corrected chi connectivity index (χ2v) is 7.32. The Labute approximate surface area is 171 Å². The molecule has 2 aromatic carbocycles. The average molecular weight is 387 g/mol. The summed E-state index contributed by atoms with van der Waals surface area (Å²) in [5.41, 5.74) is 4.61. The van der Waals surface area contributed by atoms with Crippen LogP contribution in [0.1, 0.15) is 10.4 Å². The predicted molar refractivity (Wildman–Crippen MR) is 116 cm³/mol. The van der Waals surface area contributed by atoms with Gasteiger partial charge in [-0.05, 0) is 30.3 Å². The van der Waals surface area contributed by atoms with Gasteiger partial charge >= 0.3 is 5.97 Å². The first kappa shape index (κ1) is 19.2. The SMILES string of the molecule is COC(=O)c1cc(-c2ccc(-c3ccccc3)cc2)nc(N2CCN(C)CC2)c1. The van der Waals surface area contributed by atoms with Crippen LogP contribution in [0.25, 0.3) is 22.4 Å². The summed E-state index contributed by atoms with van der Waals surface area (Å²) in [4.78, 5) is 21.6. The van der Waals surface area contributed by atoms with Gasteiger partial charge in [0, 0.05) is 31.7 Å². The highest BCUT2D eigenvalue weighted by Gasteiger charge is 2.19. The molecule has 29 heavy (non-hydrogen) atoms. The summed E-state index contributed by atoms with van der Waals surface area (Å²) in [7, 11) is 3.53. The fourth-order valence-electron chi connectivity index (χ4n) is 3.56. The first-order valence-electron chi connectivity index (χ1n) is 9.84. The summed E-state index contributed by atoms with van der Waals surface area (Å²) in [6.45, 7) is 3.73. The Morgan fingerprint density at radius 3 is 2.14 bits per heavy atom. The van der Waals surface area contributed by atoms with E-state index in [2.05, 4.69) is 53.2 Å². The standard InChI is InChI=1S/C24H25N3O2/c1-26-12-14-27(15-13-26)23-17-21(24(28)29-2)16-22(25-23)20-10-8-19(9-11-20)18-6-4-3-5-7-18/h3-11,16-17H,12-15H2,1-2H3. The summed E-state index contributed by atoms with van der Waals surface area (Å²) in [5.74, 6) is 0.480. The van der Waals surface area contributed by atoms with E-state index in [4.69, 9.17) is 9.72 Å². The monoisotopic (exact) mass is 387 g/mol. The maximum absolute atomic E-state index is 12.2. The molecule has 0 atom stereocenters. The van der Waals surface area contributed by atoms with Crippen LogP contribution >= 0.6 is 0 Å². The zero-order valence-corrected chi connectivity index (χ0v) is 16.8. The number of hydrogen-bond donors (Lipinski definition) is 0. The quantitative estimate of drug-likeness (QED) is 0.634. The fourth-order valence-corrected chi connectivity index (χ4v) is 3.56. The van der Waals surface area contributed by atoms with Gasteiger partial charge < -0.3 is 14.5 Å². The molecule has 1 aromatic heterocycles. The van der Waals surface area contributed by atoms with Crippen LogP contribution in [0.15, 0.2) is 66.7 Å². The smallest absolute Gasteiger partial charge is 0.338 e. The summed E-state index contributed by atoms with van der Waals surface area (Å²) in [5, 5.41) is 0. The number of piperazine rings is 1. The Bertz CT molecular complexity index is 979. The number of hydrogen-bond acceptors (Lipinski definition) is 5. The largest absolute Gasteiger partial charge is 0.465 e. The second-order valence-electron chi connectivity index (χ2n) is 7.32. The number of anilines is 1. The molecule has 1 saturated heterocycles. The van der Waals surface area contributed by atoms with Crippen LogP contribution in [0.5, 0.6) is 0 Å². The number of carbonyl (C=O) groups excluding carboxylic acids is 1. The molecule has 0 radical (unpaired) electrons. The molecule has 3 aromatic rings. The first-order valence-corrected chi connectivity index (χ1v) is 9.84. The van der Waals surface area contributed by atoms with Gasteiger partial charge in [-0.2, -0.15) is 0 Å². The molecule has 5 nitrogen and oxygen atoms in total. The molecule has 1 aliphatic rings. The Morgan fingerprint density at radius 1 is 0.862 bits per heavy atom. The lowest BCUT2D eigenvalue weighted by Gasteiger charge is -2.33. The highest BCUT2D eigenvalue weighted by Crippen LogP contribution is 2.27. The third-order valence-electron chi connectivity index (χ3n) is 5.35. The van der Waals surface area contributed by atoms with E-state index in [-0.39, 0.29) is 5.97 Å².